The lowest BCUT2D eigenvalue weighted by Crippen LogP contribution is -2.22. The Kier molecular flexibility index (Phi) is 6.63. The van der Waals surface area contributed by atoms with Crippen LogP contribution < -0.4 is 5.73 Å². The van der Waals surface area contributed by atoms with Crippen molar-refractivity contribution < 1.29 is 0 Å². The highest BCUT2D eigenvalue weighted by atomic mass is 79.9. The monoisotopic (exact) mass is 297 g/mol. The van der Waals surface area contributed by atoms with E-state index in [9.17, 15) is 0 Å². The van der Waals surface area contributed by atoms with Crippen LogP contribution in [0, 0.1) is 12.3 Å². The Hall–Kier alpha value is -0.430. The predicted molar refractivity (Wildman–Crippen MR) is 75.5 cm³/mol. The molecule has 0 bridgehead atoms. The number of nitrogens with two attached hydrogens (primary N) is 1. The zero-order chi connectivity index (χ0) is 11.8. The first-order valence-corrected chi connectivity index (χ1v) is 7.07. The summed E-state index contributed by atoms with van der Waals surface area (Å²) >= 11 is 5.21. The van der Waals surface area contributed by atoms with Crippen molar-refractivity contribution in [3.63, 3.8) is 0 Å². The first-order chi connectivity index (χ1) is 7.72. The minimum atomic E-state index is 0.238. The lowest BCUT2D eigenvalue weighted by atomic mass is 10.1. The molecule has 0 fully saturated rings. The highest BCUT2D eigenvalue weighted by Gasteiger charge is 2.03. The first-order valence-electron chi connectivity index (χ1n) is 5.30. The van der Waals surface area contributed by atoms with E-state index < -0.39 is 0 Å². The molecule has 16 heavy (non-hydrogen) atoms. The van der Waals surface area contributed by atoms with Gasteiger partial charge in [-0.15, -0.1) is 24.1 Å². The molecule has 0 aliphatic heterocycles. The van der Waals surface area contributed by atoms with E-state index >= 15 is 0 Å². The van der Waals surface area contributed by atoms with Gasteiger partial charge in [-0.25, -0.2) is 0 Å². The number of benzene rings is 1. The van der Waals surface area contributed by atoms with Crippen LogP contribution in [0.4, 0.5) is 0 Å². The third kappa shape index (κ3) is 5.60. The van der Waals surface area contributed by atoms with Crippen molar-refractivity contribution in [2.24, 2.45) is 5.73 Å². The average molecular weight is 298 g/mol. The molecule has 86 valence electrons. The molecule has 0 spiro atoms. The summed E-state index contributed by atoms with van der Waals surface area (Å²) in [7, 11) is 0. The van der Waals surface area contributed by atoms with Gasteiger partial charge in [0.1, 0.15) is 0 Å². The Morgan fingerprint density at radius 2 is 2.06 bits per heavy atom. The molecular weight excluding hydrogens is 282 g/mol. The Morgan fingerprint density at radius 1 is 1.38 bits per heavy atom. The molecule has 0 saturated heterocycles. The van der Waals surface area contributed by atoms with Crippen LogP contribution in [-0.2, 0) is 0 Å². The Bertz CT molecular complexity index is 342. The molecule has 1 aromatic carbocycles. The summed E-state index contributed by atoms with van der Waals surface area (Å²) in [4.78, 5) is 1.26. The summed E-state index contributed by atoms with van der Waals surface area (Å²) in [6, 6.07) is 8.53. The number of hydrogen-bond donors (Lipinski definition) is 1. The van der Waals surface area contributed by atoms with Crippen molar-refractivity contribution in [2.45, 2.75) is 30.2 Å². The zero-order valence-electron chi connectivity index (χ0n) is 9.16. The highest BCUT2D eigenvalue weighted by Crippen LogP contribution is 2.21. The molecule has 0 aliphatic rings. The zero-order valence-corrected chi connectivity index (χ0v) is 11.6. The molecule has 0 radical (unpaired) electrons. The van der Waals surface area contributed by atoms with Gasteiger partial charge in [-0.1, -0.05) is 15.9 Å². The van der Waals surface area contributed by atoms with E-state index in [-0.39, 0.29) is 6.04 Å². The Balaban J connectivity index is 2.23. The quantitative estimate of drug-likeness (QED) is 0.492. The molecule has 1 unspecified atom stereocenters. The maximum Gasteiger partial charge on any atom is 0.0176 e. The van der Waals surface area contributed by atoms with Crippen LogP contribution in [0.15, 0.2) is 33.6 Å². The minimum absolute atomic E-state index is 0.238. The summed E-state index contributed by atoms with van der Waals surface area (Å²) < 4.78 is 1.11. The van der Waals surface area contributed by atoms with Crippen LogP contribution in [0.2, 0.25) is 0 Å². The molecule has 0 amide bonds. The van der Waals surface area contributed by atoms with E-state index in [1.807, 2.05) is 12.1 Å². The van der Waals surface area contributed by atoms with Gasteiger partial charge in [0.2, 0.25) is 0 Å². The molecule has 2 N–H and O–H groups in total. The molecule has 0 saturated carbocycles. The summed E-state index contributed by atoms with van der Waals surface area (Å²) in [6.45, 7) is 0. The van der Waals surface area contributed by atoms with Gasteiger partial charge in [-0.3, -0.25) is 0 Å². The van der Waals surface area contributed by atoms with Crippen LogP contribution in [0.5, 0.6) is 0 Å². The molecule has 1 aromatic rings. The van der Waals surface area contributed by atoms with E-state index in [2.05, 4.69) is 34.0 Å². The lowest BCUT2D eigenvalue weighted by Gasteiger charge is -2.10. The van der Waals surface area contributed by atoms with Crippen LogP contribution in [0.1, 0.15) is 19.3 Å². The molecule has 1 rings (SSSR count). The maximum atomic E-state index is 5.99. The third-order valence-electron chi connectivity index (χ3n) is 2.17. The van der Waals surface area contributed by atoms with Gasteiger partial charge in [0.05, 0.1) is 0 Å². The molecular formula is C13H16BrNS. The van der Waals surface area contributed by atoms with Gasteiger partial charge < -0.3 is 5.73 Å². The molecule has 0 aromatic heterocycles. The number of terminal acetylenes is 1. The van der Waals surface area contributed by atoms with E-state index in [0.717, 1.165) is 29.5 Å². The fraction of sp³-hybridized carbons (Fsp3) is 0.385. The van der Waals surface area contributed by atoms with Crippen LogP contribution in [-0.4, -0.2) is 11.8 Å². The van der Waals surface area contributed by atoms with E-state index in [4.69, 9.17) is 12.2 Å². The number of rotatable bonds is 6. The minimum Gasteiger partial charge on any atom is -0.327 e. The van der Waals surface area contributed by atoms with Crippen molar-refractivity contribution in [3.8, 4) is 12.3 Å². The summed E-state index contributed by atoms with van der Waals surface area (Å²) in [5.41, 5.74) is 5.99. The van der Waals surface area contributed by atoms with E-state index in [1.165, 1.54) is 4.90 Å². The van der Waals surface area contributed by atoms with Crippen molar-refractivity contribution in [1.82, 2.24) is 0 Å². The van der Waals surface area contributed by atoms with Crippen LogP contribution in [0.3, 0.4) is 0 Å². The second-order valence-electron chi connectivity index (χ2n) is 3.62. The van der Waals surface area contributed by atoms with Crippen LogP contribution >= 0.6 is 27.7 Å². The number of halogens is 1. The fourth-order valence-corrected chi connectivity index (χ4v) is 2.45. The molecule has 0 aliphatic carbocycles. The second kappa shape index (κ2) is 7.78. The normalized spacial score (nSPS) is 12.1. The lowest BCUT2D eigenvalue weighted by molar-refractivity contribution is 0.641. The van der Waals surface area contributed by atoms with Gasteiger partial charge in [0, 0.05) is 27.6 Å². The van der Waals surface area contributed by atoms with E-state index in [0.29, 0.717) is 0 Å². The SMILES string of the molecule is C#CCCCC(N)CSc1ccc(Br)cc1. The van der Waals surface area contributed by atoms with Crippen LogP contribution in [0.25, 0.3) is 0 Å². The maximum absolute atomic E-state index is 5.99. The topological polar surface area (TPSA) is 26.0 Å². The third-order valence-corrected chi connectivity index (χ3v) is 3.90. The standard InChI is InChI=1S/C13H16BrNS/c1-2-3-4-5-12(15)10-16-13-8-6-11(14)7-9-13/h1,6-9,12H,3-5,10,15H2. The molecule has 1 nitrogen and oxygen atoms in total. The smallest absolute Gasteiger partial charge is 0.0176 e. The molecule has 3 heteroatoms. The van der Waals surface area contributed by atoms with Crippen molar-refractivity contribution in [2.75, 3.05) is 5.75 Å². The largest absolute Gasteiger partial charge is 0.327 e. The van der Waals surface area contributed by atoms with Gasteiger partial charge in [-0.2, -0.15) is 0 Å². The van der Waals surface area contributed by atoms with Gasteiger partial charge >= 0.3 is 0 Å². The van der Waals surface area contributed by atoms with Crippen molar-refractivity contribution in [1.29, 1.82) is 0 Å². The van der Waals surface area contributed by atoms with Gasteiger partial charge in [0.25, 0.3) is 0 Å². The first kappa shape index (κ1) is 13.6. The van der Waals surface area contributed by atoms with Gasteiger partial charge in [-0.05, 0) is 37.1 Å². The predicted octanol–water partition coefficient (Wildman–Crippen LogP) is 3.67. The Morgan fingerprint density at radius 3 is 2.69 bits per heavy atom. The average Bonchev–Trinajstić information content (AvgIpc) is 2.29. The number of thioether (sulfide) groups is 1. The Labute approximate surface area is 110 Å². The summed E-state index contributed by atoms with van der Waals surface area (Å²) in [5.74, 6) is 3.59. The molecule has 1 atom stereocenters. The van der Waals surface area contributed by atoms with Crippen molar-refractivity contribution >= 4 is 27.7 Å². The van der Waals surface area contributed by atoms with Crippen molar-refractivity contribution in [3.05, 3.63) is 28.7 Å². The summed E-state index contributed by atoms with van der Waals surface area (Å²) in [6.07, 6.45) is 8.06. The number of unbranched alkanes of at least 4 members (excludes halogenated alkanes) is 1. The number of hydrogen-bond acceptors (Lipinski definition) is 2. The summed E-state index contributed by atoms with van der Waals surface area (Å²) in [5, 5.41) is 0. The van der Waals surface area contributed by atoms with Gasteiger partial charge in [0.15, 0.2) is 0 Å². The van der Waals surface area contributed by atoms with E-state index in [1.54, 1.807) is 11.8 Å². The molecule has 0 heterocycles. The second-order valence-corrected chi connectivity index (χ2v) is 5.63. The highest BCUT2D eigenvalue weighted by molar-refractivity contribution is 9.10. The fourth-order valence-electron chi connectivity index (χ4n) is 1.28.